The Morgan fingerprint density at radius 2 is 2.12 bits per heavy atom. The smallest absolute Gasteiger partial charge is 0.212 e. The molecule has 0 radical (unpaired) electrons. The van der Waals surface area contributed by atoms with Gasteiger partial charge in [0.2, 0.25) is 10.0 Å². The Labute approximate surface area is 107 Å². The highest BCUT2D eigenvalue weighted by atomic mass is 32.2. The average Bonchev–Trinajstić information content (AvgIpc) is 2.54. The predicted molar refractivity (Wildman–Crippen MR) is 72.8 cm³/mol. The van der Waals surface area contributed by atoms with Crippen LogP contribution in [0.4, 0.5) is 0 Å². The van der Waals surface area contributed by atoms with Crippen molar-refractivity contribution in [3.63, 3.8) is 0 Å². The van der Waals surface area contributed by atoms with Crippen LogP contribution in [0, 0.1) is 13.8 Å². The van der Waals surface area contributed by atoms with E-state index in [1.165, 1.54) is 4.88 Å². The summed E-state index contributed by atoms with van der Waals surface area (Å²) in [7, 11) is -3.22. The minimum atomic E-state index is -3.22. The molecule has 0 saturated carbocycles. The summed E-state index contributed by atoms with van der Waals surface area (Å²) in [5.41, 5.74) is 6.37. The third-order valence-corrected chi connectivity index (χ3v) is 5.04. The number of hydrogen-bond acceptors (Lipinski definition) is 4. The summed E-state index contributed by atoms with van der Waals surface area (Å²) in [6.45, 7) is 6.30. The summed E-state index contributed by atoms with van der Waals surface area (Å²) in [5.74, 6) is 0.0933. The Kier molecular flexibility index (Phi) is 5.12. The second kappa shape index (κ2) is 5.95. The molecule has 3 N–H and O–H groups in total. The number of rotatable bonds is 6. The summed E-state index contributed by atoms with van der Waals surface area (Å²) >= 11 is 1.69. The van der Waals surface area contributed by atoms with Gasteiger partial charge in [-0.15, -0.1) is 11.3 Å². The van der Waals surface area contributed by atoms with Gasteiger partial charge in [-0.3, -0.25) is 0 Å². The highest BCUT2D eigenvalue weighted by Gasteiger charge is 2.17. The van der Waals surface area contributed by atoms with E-state index in [2.05, 4.69) is 4.72 Å². The van der Waals surface area contributed by atoms with E-state index in [4.69, 9.17) is 5.73 Å². The third kappa shape index (κ3) is 4.39. The van der Waals surface area contributed by atoms with Gasteiger partial charge >= 0.3 is 0 Å². The van der Waals surface area contributed by atoms with Gasteiger partial charge in [-0.25, -0.2) is 13.1 Å². The lowest BCUT2D eigenvalue weighted by Crippen LogP contribution is -2.30. The van der Waals surface area contributed by atoms with E-state index in [-0.39, 0.29) is 11.8 Å². The summed E-state index contributed by atoms with van der Waals surface area (Å²) < 4.78 is 26.1. The Morgan fingerprint density at radius 1 is 1.47 bits per heavy atom. The molecular weight excluding hydrogens is 256 g/mol. The molecule has 98 valence electrons. The minimum Gasteiger partial charge on any atom is -0.330 e. The molecule has 0 saturated heterocycles. The van der Waals surface area contributed by atoms with E-state index < -0.39 is 10.0 Å². The van der Waals surface area contributed by atoms with Gasteiger partial charge in [-0.1, -0.05) is 0 Å². The molecular formula is C11H20N2O2S2. The summed E-state index contributed by atoms with van der Waals surface area (Å²) in [6, 6.07) is 1.86. The van der Waals surface area contributed by atoms with Crippen LogP contribution in [0.2, 0.25) is 0 Å². The maximum Gasteiger partial charge on any atom is 0.212 e. The highest BCUT2D eigenvalue weighted by Crippen LogP contribution is 2.26. The molecule has 0 aromatic carbocycles. The van der Waals surface area contributed by atoms with Crippen molar-refractivity contribution < 1.29 is 8.42 Å². The monoisotopic (exact) mass is 276 g/mol. The first-order valence-corrected chi connectivity index (χ1v) is 8.09. The van der Waals surface area contributed by atoms with Crippen LogP contribution in [-0.4, -0.2) is 20.7 Å². The molecule has 1 rings (SSSR count). The third-order valence-electron chi connectivity index (χ3n) is 2.52. The van der Waals surface area contributed by atoms with Crippen molar-refractivity contribution >= 4 is 21.4 Å². The lowest BCUT2D eigenvalue weighted by Gasteiger charge is -2.14. The number of nitrogens with one attached hydrogen (secondary N) is 1. The van der Waals surface area contributed by atoms with Crippen molar-refractivity contribution in [3.8, 4) is 0 Å². The lowest BCUT2D eigenvalue weighted by atomic mass is 10.1. The second-order valence-electron chi connectivity index (χ2n) is 4.17. The van der Waals surface area contributed by atoms with Crippen molar-refractivity contribution in [2.45, 2.75) is 33.2 Å². The van der Waals surface area contributed by atoms with Crippen LogP contribution in [0.5, 0.6) is 0 Å². The second-order valence-corrected chi connectivity index (χ2v) is 7.50. The van der Waals surface area contributed by atoms with Gasteiger partial charge in [-0.05, 0) is 45.4 Å². The lowest BCUT2D eigenvalue weighted by molar-refractivity contribution is 0.564. The van der Waals surface area contributed by atoms with Crippen molar-refractivity contribution in [1.82, 2.24) is 4.72 Å². The van der Waals surface area contributed by atoms with Gasteiger partial charge in [0.25, 0.3) is 0 Å². The summed E-state index contributed by atoms with van der Waals surface area (Å²) in [6.07, 6.45) is 0.490. The van der Waals surface area contributed by atoms with Crippen molar-refractivity contribution in [3.05, 3.63) is 21.4 Å². The highest BCUT2D eigenvalue weighted by molar-refractivity contribution is 7.89. The SMILES string of the molecule is Cc1cc(C(C)NS(=O)(=O)CCCN)c(C)s1. The van der Waals surface area contributed by atoms with Crippen molar-refractivity contribution in [2.24, 2.45) is 5.73 Å². The van der Waals surface area contributed by atoms with E-state index in [1.54, 1.807) is 11.3 Å². The maximum atomic E-state index is 11.7. The normalized spacial score (nSPS) is 13.9. The van der Waals surface area contributed by atoms with Gasteiger partial charge in [0.1, 0.15) is 0 Å². The number of hydrogen-bond donors (Lipinski definition) is 2. The van der Waals surface area contributed by atoms with E-state index in [0.717, 1.165) is 10.4 Å². The van der Waals surface area contributed by atoms with Crippen molar-refractivity contribution in [2.75, 3.05) is 12.3 Å². The zero-order valence-corrected chi connectivity index (χ0v) is 12.1. The molecule has 4 nitrogen and oxygen atoms in total. The molecule has 1 atom stereocenters. The van der Waals surface area contributed by atoms with Crippen LogP contribution in [0.15, 0.2) is 6.07 Å². The molecule has 0 spiro atoms. The topological polar surface area (TPSA) is 72.2 Å². The first-order chi connectivity index (χ1) is 7.85. The summed E-state index contributed by atoms with van der Waals surface area (Å²) in [4.78, 5) is 2.36. The van der Waals surface area contributed by atoms with Gasteiger partial charge in [0.15, 0.2) is 0 Å². The van der Waals surface area contributed by atoms with Crippen LogP contribution in [-0.2, 0) is 10.0 Å². The zero-order valence-electron chi connectivity index (χ0n) is 10.5. The van der Waals surface area contributed by atoms with Gasteiger partial charge in [0.05, 0.1) is 5.75 Å². The quantitative estimate of drug-likeness (QED) is 0.830. The van der Waals surface area contributed by atoms with E-state index in [9.17, 15) is 8.42 Å². The molecule has 0 fully saturated rings. The number of nitrogens with two attached hydrogens (primary N) is 1. The van der Waals surface area contributed by atoms with Crippen molar-refractivity contribution in [1.29, 1.82) is 0 Å². The van der Waals surface area contributed by atoms with Crippen LogP contribution in [0.25, 0.3) is 0 Å². The zero-order chi connectivity index (χ0) is 13.1. The molecule has 0 aliphatic rings. The Morgan fingerprint density at radius 3 is 2.59 bits per heavy atom. The first-order valence-electron chi connectivity index (χ1n) is 5.62. The Bertz CT molecular complexity index is 466. The molecule has 0 amide bonds. The molecule has 0 aliphatic carbocycles. The van der Waals surface area contributed by atoms with Gasteiger partial charge in [-0.2, -0.15) is 0 Å². The predicted octanol–water partition coefficient (Wildman–Crippen LogP) is 1.69. The number of thiophene rings is 1. The number of aryl methyl sites for hydroxylation is 2. The van der Waals surface area contributed by atoms with Crippen LogP contribution in [0.1, 0.15) is 34.7 Å². The van der Waals surface area contributed by atoms with Crippen LogP contribution >= 0.6 is 11.3 Å². The van der Waals surface area contributed by atoms with Gasteiger partial charge < -0.3 is 5.73 Å². The van der Waals surface area contributed by atoms with E-state index in [0.29, 0.717) is 13.0 Å². The molecule has 6 heteroatoms. The largest absolute Gasteiger partial charge is 0.330 e. The standard InChI is InChI=1S/C11H20N2O2S2/c1-8-7-11(10(3)16-8)9(2)13-17(14,15)6-4-5-12/h7,9,13H,4-6,12H2,1-3H3. The molecule has 1 unspecified atom stereocenters. The fourth-order valence-electron chi connectivity index (χ4n) is 1.75. The Hall–Kier alpha value is -0.430. The summed E-state index contributed by atoms with van der Waals surface area (Å²) in [5, 5.41) is 0. The molecule has 1 aromatic heterocycles. The maximum absolute atomic E-state index is 11.7. The number of sulfonamides is 1. The fraction of sp³-hybridized carbons (Fsp3) is 0.636. The van der Waals surface area contributed by atoms with Gasteiger partial charge in [0, 0.05) is 15.8 Å². The van der Waals surface area contributed by atoms with Crippen LogP contribution in [0.3, 0.4) is 0 Å². The van der Waals surface area contributed by atoms with Crippen LogP contribution < -0.4 is 10.5 Å². The molecule has 0 aliphatic heterocycles. The first kappa shape index (κ1) is 14.6. The molecule has 0 bridgehead atoms. The fourth-order valence-corrected chi connectivity index (χ4v) is 4.10. The molecule has 17 heavy (non-hydrogen) atoms. The Balaban J connectivity index is 2.72. The molecule has 1 heterocycles. The van der Waals surface area contributed by atoms with E-state index >= 15 is 0 Å². The van der Waals surface area contributed by atoms with E-state index in [1.807, 2.05) is 26.8 Å². The minimum absolute atomic E-state index is 0.0933. The molecule has 1 aromatic rings. The average molecular weight is 276 g/mol.